The maximum Gasteiger partial charge on any atom is 0.243 e. The van der Waals surface area contributed by atoms with Gasteiger partial charge in [0, 0.05) is 11.4 Å². The average molecular weight is 239 g/mol. The van der Waals surface area contributed by atoms with Gasteiger partial charge in [-0.2, -0.15) is 0 Å². The molecule has 0 spiro atoms. The van der Waals surface area contributed by atoms with E-state index in [0.717, 1.165) is 5.56 Å². The van der Waals surface area contributed by atoms with Gasteiger partial charge in [0.15, 0.2) is 0 Å². The summed E-state index contributed by atoms with van der Waals surface area (Å²) in [7, 11) is 0. The second-order valence-electron chi connectivity index (χ2n) is 3.63. The van der Waals surface area contributed by atoms with Gasteiger partial charge in [0.05, 0.1) is 6.54 Å². The van der Waals surface area contributed by atoms with Crippen LogP contribution in [0.1, 0.15) is 5.56 Å². The largest absolute Gasteiger partial charge is 0.345 e. The van der Waals surface area contributed by atoms with E-state index in [2.05, 4.69) is 10.6 Å². The van der Waals surface area contributed by atoms with Crippen LogP contribution >= 0.6 is 11.6 Å². The van der Waals surface area contributed by atoms with E-state index < -0.39 is 6.04 Å². The van der Waals surface area contributed by atoms with Crippen molar-refractivity contribution < 1.29 is 9.59 Å². The van der Waals surface area contributed by atoms with Crippen molar-refractivity contribution in [2.45, 2.75) is 12.5 Å². The molecule has 1 heterocycles. The summed E-state index contributed by atoms with van der Waals surface area (Å²) in [5.41, 5.74) is 0.853. The first kappa shape index (κ1) is 11.0. The molecule has 0 unspecified atom stereocenters. The molecular weight excluding hydrogens is 228 g/mol. The summed E-state index contributed by atoms with van der Waals surface area (Å²) in [5, 5.41) is 5.77. The Hall–Kier alpha value is -1.55. The predicted molar refractivity (Wildman–Crippen MR) is 60.1 cm³/mol. The molecular formula is C11H11ClN2O2. The first-order valence-electron chi connectivity index (χ1n) is 4.97. The Morgan fingerprint density at radius 3 is 2.81 bits per heavy atom. The minimum atomic E-state index is -0.527. The van der Waals surface area contributed by atoms with Gasteiger partial charge >= 0.3 is 0 Å². The lowest BCUT2D eigenvalue weighted by Gasteiger charge is -2.23. The molecule has 1 fully saturated rings. The standard InChI is InChI=1S/C11H11ClN2O2/c12-8-4-2-1-3-7(8)5-9-11(16)13-6-10(15)14-9/h1-4,9H,5-6H2,(H,13,16)(H,14,15)/t9-/m0/s1. The summed E-state index contributed by atoms with van der Waals surface area (Å²) in [4.78, 5) is 22.6. The van der Waals surface area contributed by atoms with Crippen LogP contribution in [0.4, 0.5) is 0 Å². The molecule has 4 nitrogen and oxygen atoms in total. The van der Waals surface area contributed by atoms with Crippen LogP contribution in [0.25, 0.3) is 0 Å². The molecule has 1 aromatic carbocycles. The Bertz CT molecular complexity index is 434. The SMILES string of the molecule is O=C1CNC(=O)[C@H](Cc2ccccc2Cl)N1. The van der Waals surface area contributed by atoms with E-state index in [1.54, 1.807) is 6.07 Å². The molecule has 0 aliphatic carbocycles. The highest BCUT2D eigenvalue weighted by Gasteiger charge is 2.26. The van der Waals surface area contributed by atoms with Gasteiger partial charge in [0.1, 0.15) is 6.04 Å². The number of piperazine rings is 1. The highest BCUT2D eigenvalue weighted by molar-refractivity contribution is 6.31. The fourth-order valence-electron chi connectivity index (χ4n) is 1.63. The smallest absolute Gasteiger partial charge is 0.243 e. The third-order valence-electron chi connectivity index (χ3n) is 2.46. The van der Waals surface area contributed by atoms with Crippen molar-refractivity contribution in [3.63, 3.8) is 0 Å². The highest BCUT2D eigenvalue weighted by atomic mass is 35.5. The second kappa shape index (κ2) is 4.53. The number of halogens is 1. The Balaban J connectivity index is 2.12. The molecule has 0 saturated carbocycles. The van der Waals surface area contributed by atoms with Crippen LogP contribution in [0, 0.1) is 0 Å². The van der Waals surface area contributed by atoms with Crippen LogP contribution in [-0.2, 0) is 16.0 Å². The molecule has 2 amide bonds. The molecule has 1 atom stereocenters. The van der Waals surface area contributed by atoms with E-state index in [0.29, 0.717) is 11.4 Å². The highest BCUT2D eigenvalue weighted by Crippen LogP contribution is 2.17. The molecule has 0 bridgehead atoms. The van der Waals surface area contributed by atoms with Crippen LogP contribution in [0.3, 0.4) is 0 Å². The first-order valence-corrected chi connectivity index (χ1v) is 5.35. The summed E-state index contributed by atoms with van der Waals surface area (Å²) in [6.45, 7) is 0.0534. The molecule has 84 valence electrons. The summed E-state index contributed by atoms with van der Waals surface area (Å²) >= 11 is 5.98. The van der Waals surface area contributed by atoms with Crippen molar-refractivity contribution in [2.75, 3.05) is 6.54 Å². The average Bonchev–Trinajstić information content (AvgIpc) is 2.27. The second-order valence-corrected chi connectivity index (χ2v) is 4.04. The number of hydrogen-bond donors (Lipinski definition) is 2. The summed E-state index contributed by atoms with van der Waals surface area (Å²) < 4.78 is 0. The quantitative estimate of drug-likeness (QED) is 0.788. The number of rotatable bonds is 2. The molecule has 1 saturated heterocycles. The lowest BCUT2D eigenvalue weighted by Crippen LogP contribution is -2.56. The van der Waals surface area contributed by atoms with Gasteiger partial charge < -0.3 is 10.6 Å². The van der Waals surface area contributed by atoms with Crippen LogP contribution in [0.5, 0.6) is 0 Å². The zero-order chi connectivity index (χ0) is 11.5. The molecule has 2 rings (SSSR count). The van der Waals surface area contributed by atoms with Gasteiger partial charge in [-0.1, -0.05) is 29.8 Å². The molecule has 1 aliphatic heterocycles. The fourth-order valence-corrected chi connectivity index (χ4v) is 1.84. The van der Waals surface area contributed by atoms with E-state index in [1.165, 1.54) is 0 Å². The van der Waals surface area contributed by atoms with Crippen molar-refractivity contribution in [1.82, 2.24) is 10.6 Å². The first-order chi connectivity index (χ1) is 7.66. The minimum absolute atomic E-state index is 0.0534. The maximum absolute atomic E-state index is 11.5. The number of amides is 2. The molecule has 1 aromatic rings. The number of carbonyl (C=O) groups excluding carboxylic acids is 2. The Morgan fingerprint density at radius 1 is 1.31 bits per heavy atom. The van der Waals surface area contributed by atoms with Crippen molar-refractivity contribution >= 4 is 23.4 Å². The third kappa shape index (κ3) is 2.33. The number of nitrogens with one attached hydrogen (secondary N) is 2. The topological polar surface area (TPSA) is 58.2 Å². The summed E-state index contributed by atoms with van der Waals surface area (Å²) in [6, 6.07) is 6.76. The van der Waals surface area contributed by atoms with Crippen LogP contribution < -0.4 is 10.6 Å². The fraction of sp³-hybridized carbons (Fsp3) is 0.273. The summed E-state index contributed by atoms with van der Waals surface area (Å²) in [6.07, 6.45) is 0.414. The van der Waals surface area contributed by atoms with Crippen molar-refractivity contribution in [2.24, 2.45) is 0 Å². The normalized spacial score (nSPS) is 20.2. The molecule has 0 aromatic heterocycles. The third-order valence-corrected chi connectivity index (χ3v) is 2.83. The Morgan fingerprint density at radius 2 is 2.06 bits per heavy atom. The van der Waals surface area contributed by atoms with Crippen molar-refractivity contribution in [3.05, 3.63) is 34.9 Å². The number of hydrogen-bond acceptors (Lipinski definition) is 2. The molecule has 0 radical (unpaired) electrons. The molecule has 2 N–H and O–H groups in total. The van der Waals surface area contributed by atoms with Gasteiger partial charge in [0.25, 0.3) is 0 Å². The zero-order valence-corrected chi connectivity index (χ0v) is 9.25. The lowest BCUT2D eigenvalue weighted by molar-refractivity contribution is -0.133. The Labute approximate surface area is 98.0 Å². The van der Waals surface area contributed by atoms with E-state index in [9.17, 15) is 9.59 Å². The van der Waals surface area contributed by atoms with Crippen LogP contribution in [0.15, 0.2) is 24.3 Å². The van der Waals surface area contributed by atoms with Gasteiger partial charge in [-0.3, -0.25) is 9.59 Å². The monoisotopic (exact) mass is 238 g/mol. The van der Waals surface area contributed by atoms with Crippen LogP contribution in [0.2, 0.25) is 5.02 Å². The number of benzene rings is 1. The Kier molecular flexibility index (Phi) is 3.10. The molecule has 1 aliphatic rings. The van der Waals surface area contributed by atoms with Crippen LogP contribution in [-0.4, -0.2) is 24.4 Å². The van der Waals surface area contributed by atoms with Gasteiger partial charge in [-0.25, -0.2) is 0 Å². The summed E-state index contributed by atoms with van der Waals surface area (Å²) in [5.74, 6) is -0.337. The van der Waals surface area contributed by atoms with Gasteiger partial charge in [-0.05, 0) is 11.6 Å². The minimum Gasteiger partial charge on any atom is -0.345 e. The van der Waals surface area contributed by atoms with Gasteiger partial charge in [0.2, 0.25) is 11.8 Å². The maximum atomic E-state index is 11.5. The lowest BCUT2D eigenvalue weighted by atomic mass is 10.0. The molecule has 5 heteroatoms. The predicted octanol–water partition coefficient (Wildman–Crippen LogP) is 0.497. The van der Waals surface area contributed by atoms with Crippen molar-refractivity contribution in [3.8, 4) is 0 Å². The van der Waals surface area contributed by atoms with E-state index in [1.807, 2.05) is 18.2 Å². The van der Waals surface area contributed by atoms with E-state index in [4.69, 9.17) is 11.6 Å². The van der Waals surface area contributed by atoms with Gasteiger partial charge in [-0.15, -0.1) is 0 Å². The van der Waals surface area contributed by atoms with Crippen molar-refractivity contribution in [1.29, 1.82) is 0 Å². The van der Waals surface area contributed by atoms with E-state index in [-0.39, 0.29) is 18.4 Å². The van der Waals surface area contributed by atoms with E-state index >= 15 is 0 Å². The zero-order valence-electron chi connectivity index (χ0n) is 8.50. The molecule has 16 heavy (non-hydrogen) atoms. The number of carbonyl (C=O) groups is 2.